The van der Waals surface area contributed by atoms with Crippen LogP contribution >= 0.6 is 0 Å². The molecule has 1 N–H and O–H groups in total. The van der Waals surface area contributed by atoms with Crippen LogP contribution in [0.25, 0.3) is 10.9 Å². The molecular weight excluding hydrogens is 462 g/mol. The van der Waals surface area contributed by atoms with E-state index >= 15 is 0 Å². The summed E-state index contributed by atoms with van der Waals surface area (Å²) in [7, 11) is 3.37. The zero-order valence-corrected chi connectivity index (χ0v) is 23.1. The van der Waals surface area contributed by atoms with Crippen LogP contribution in [0.2, 0.25) is 0 Å². The molecule has 198 valence electrons. The Morgan fingerprint density at radius 1 is 0.973 bits per heavy atom. The van der Waals surface area contributed by atoms with Crippen LogP contribution in [0.15, 0.2) is 30.3 Å². The Bertz CT molecular complexity index is 1260. The summed E-state index contributed by atoms with van der Waals surface area (Å²) < 4.78 is 17.3. The van der Waals surface area contributed by atoms with Crippen LogP contribution in [0.5, 0.6) is 17.2 Å². The van der Waals surface area contributed by atoms with E-state index in [9.17, 15) is 0 Å². The Hall–Kier alpha value is -2.99. The van der Waals surface area contributed by atoms with E-state index in [4.69, 9.17) is 19.2 Å². The topological polar surface area (TPSA) is 55.8 Å². The van der Waals surface area contributed by atoms with Gasteiger partial charge in [-0.05, 0) is 92.4 Å². The minimum absolute atomic E-state index is 0.213. The van der Waals surface area contributed by atoms with E-state index in [0.29, 0.717) is 6.54 Å². The number of aromatic nitrogens is 1. The van der Waals surface area contributed by atoms with Crippen molar-refractivity contribution in [2.45, 2.75) is 59.4 Å². The van der Waals surface area contributed by atoms with Crippen LogP contribution < -0.4 is 19.5 Å². The van der Waals surface area contributed by atoms with Gasteiger partial charge in [0.25, 0.3) is 0 Å². The van der Waals surface area contributed by atoms with E-state index in [1.54, 1.807) is 14.2 Å². The average molecular weight is 504 g/mol. The molecule has 1 saturated heterocycles. The molecule has 1 fully saturated rings. The molecule has 2 aliphatic rings. The molecule has 6 heteroatoms. The van der Waals surface area contributed by atoms with Crippen LogP contribution in [0.3, 0.4) is 0 Å². The Labute approximate surface area is 221 Å². The predicted octanol–water partition coefficient (Wildman–Crippen LogP) is 6.16. The van der Waals surface area contributed by atoms with Crippen LogP contribution in [0, 0.1) is 12.3 Å². The number of ether oxygens (including phenoxy) is 3. The first-order chi connectivity index (χ1) is 17.9. The highest BCUT2D eigenvalue weighted by Gasteiger charge is 2.33. The zero-order valence-electron chi connectivity index (χ0n) is 23.1. The highest BCUT2D eigenvalue weighted by Crippen LogP contribution is 2.43. The van der Waals surface area contributed by atoms with E-state index in [1.807, 2.05) is 18.2 Å². The average Bonchev–Trinajstić information content (AvgIpc) is 3.52. The molecule has 3 aromatic rings. The molecule has 0 amide bonds. The number of likely N-dealkylation sites (tertiary alicyclic amines) is 1. The van der Waals surface area contributed by atoms with Crippen molar-refractivity contribution in [2.75, 3.05) is 45.8 Å². The van der Waals surface area contributed by atoms with E-state index < -0.39 is 0 Å². The molecule has 5 rings (SSSR count). The first-order valence-electron chi connectivity index (χ1n) is 13.6. The molecular formula is C31H41N3O3. The van der Waals surface area contributed by atoms with Gasteiger partial charge in [0.15, 0.2) is 0 Å². The Morgan fingerprint density at radius 2 is 1.76 bits per heavy atom. The normalized spacial score (nSPS) is 16.7. The van der Waals surface area contributed by atoms with Gasteiger partial charge in [-0.1, -0.05) is 13.8 Å². The monoisotopic (exact) mass is 503 g/mol. The highest BCUT2D eigenvalue weighted by molar-refractivity contribution is 5.89. The summed E-state index contributed by atoms with van der Waals surface area (Å²) in [4.78, 5) is 7.69. The number of hydrogen-bond donors (Lipinski definition) is 1. The Balaban J connectivity index is 1.40. The largest absolute Gasteiger partial charge is 0.497 e. The number of nitrogens with one attached hydrogen (secondary N) is 1. The lowest BCUT2D eigenvalue weighted by Crippen LogP contribution is -2.22. The standard InChI is InChI=1S/C31H41N3O3/c1-21-15-24-25-18-31(2,3)19-26(25)30(32-20-22-9-10-23(35-4)16-29(22)36-5)33-27(24)17-28(21)37-14-8-13-34-11-6-7-12-34/h9-10,15-17H,6-8,11-14,18-20H2,1-5H3,(H,32,33). The fourth-order valence-corrected chi connectivity index (χ4v) is 5.87. The maximum Gasteiger partial charge on any atom is 0.130 e. The summed E-state index contributed by atoms with van der Waals surface area (Å²) >= 11 is 0. The second kappa shape index (κ2) is 10.8. The third-order valence-electron chi connectivity index (χ3n) is 7.83. The first-order valence-corrected chi connectivity index (χ1v) is 13.6. The highest BCUT2D eigenvalue weighted by atomic mass is 16.5. The number of aryl methyl sites for hydroxylation is 1. The van der Waals surface area contributed by atoms with Gasteiger partial charge in [-0.3, -0.25) is 0 Å². The second-order valence-corrected chi connectivity index (χ2v) is 11.4. The van der Waals surface area contributed by atoms with E-state index in [2.05, 4.69) is 43.1 Å². The number of nitrogens with zero attached hydrogens (tertiary/aromatic N) is 2. The van der Waals surface area contributed by atoms with Crippen LogP contribution in [-0.4, -0.2) is 50.3 Å². The minimum Gasteiger partial charge on any atom is -0.497 e. The first kappa shape index (κ1) is 25.7. The number of rotatable bonds is 10. The summed E-state index contributed by atoms with van der Waals surface area (Å²) in [5.41, 5.74) is 6.23. The fourth-order valence-electron chi connectivity index (χ4n) is 5.87. The molecule has 1 aromatic heterocycles. The van der Waals surface area contributed by atoms with Gasteiger partial charge >= 0.3 is 0 Å². The van der Waals surface area contributed by atoms with Crippen molar-refractivity contribution in [1.82, 2.24) is 9.88 Å². The molecule has 0 atom stereocenters. The van der Waals surface area contributed by atoms with Gasteiger partial charge in [0.2, 0.25) is 0 Å². The van der Waals surface area contributed by atoms with Crippen molar-refractivity contribution >= 4 is 16.7 Å². The van der Waals surface area contributed by atoms with Crippen molar-refractivity contribution in [2.24, 2.45) is 5.41 Å². The molecule has 0 bridgehead atoms. The molecule has 6 nitrogen and oxygen atoms in total. The van der Waals surface area contributed by atoms with E-state index in [0.717, 1.165) is 66.6 Å². The molecule has 37 heavy (non-hydrogen) atoms. The van der Waals surface area contributed by atoms with Gasteiger partial charge in [-0.25, -0.2) is 4.98 Å². The van der Waals surface area contributed by atoms with E-state index in [-0.39, 0.29) is 5.41 Å². The number of pyridine rings is 1. The smallest absolute Gasteiger partial charge is 0.130 e. The Kier molecular flexibility index (Phi) is 7.47. The number of benzene rings is 2. The Morgan fingerprint density at radius 3 is 2.51 bits per heavy atom. The van der Waals surface area contributed by atoms with Crippen molar-refractivity contribution in [3.63, 3.8) is 0 Å². The molecule has 0 saturated carbocycles. The minimum atomic E-state index is 0.213. The fraction of sp³-hybridized carbons (Fsp3) is 0.516. The quantitative estimate of drug-likeness (QED) is 0.334. The van der Waals surface area contributed by atoms with Crippen molar-refractivity contribution in [1.29, 1.82) is 0 Å². The lowest BCUT2D eigenvalue weighted by molar-refractivity contribution is 0.262. The van der Waals surface area contributed by atoms with Gasteiger partial charge < -0.3 is 24.4 Å². The summed E-state index contributed by atoms with van der Waals surface area (Å²) in [5.74, 6) is 3.51. The molecule has 1 aliphatic heterocycles. The van der Waals surface area contributed by atoms with E-state index in [1.165, 1.54) is 48.0 Å². The molecule has 1 aliphatic carbocycles. The lowest BCUT2D eigenvalue weighted by atomic mass is 9.90. The van der Waals surface area contributed by atoms with Gasteiger partial charge in [0.05, 0.1) is 26.3 Å². The maximum atomic E-state index is 6.27. The number of anilines is 1. The zero-order chi connectivity index (χ0) is 26.0. The van der Waals surface area contributed by atoms with Crippen molar-refractivity contribution in [3.8, 4) is 17.2 Å². The van der Waals surface area contributed by atoms with Crippen LogP contribution in [0.1, 0.15) is 55.4 Å². The molecule has 2 heterocycles. The van der Waals surface area contributed by atoms with Gasteiger partial charge in [-0.15, -0.1) is 0 Å². The molecule has 0 radical (unpaired) electrons. The predicted molar refractivity (Wildman–Crippen MR) is 150 cm³/mol. The molecule has 2 aromatic carbocycles. The summed E-state index contributed by atoms with van der Waals surface area (Å²) in [6.07, 6.45) is 5.79. The second-order valence-electron chi connectivity index (χ2n) is 11.4. The molecule has 0 spiro atoms. The third-order valence-corrected chi connectivity index (χ3v) is 7.83. The summed E-state index contributed by atoms with van der Waals surface area (Å²) in [6, 6.07) is 10.4. The molecule has 0 unspecified atom stereocenters. The number of hydrogen-bond acceptors (Lipinski definition) is 6. The summed E-state index contributed by atoms with van der Waals surface area (Å²) in [5, 5.41) is 4.90. The number of methoxy groups -OCH3 is 2. The lowest BCUT2D eigenvalue weighted by Gasteiger charge is -2.17. The van der Waals surface area contributed by atoms with Gasteiger partial charge in [0.1, 0.15) is 23.1 Å². The van der Waals surface area contributed by atoms with Crippen molar-refractivity contribution in [3.05, 3.63) is 52.6 Å². The van der Waals surface area contributed by atoms with Crippen LogP contribution in [0.4, 0.5) is 5.82 Å². The SMILES string of the molecule is COc1ccc(CNc2nc3cc(OCCCN4CCCC4)c(C)cc3c3c2CC(C)(C)C3)c(OC)c1. The third kappa shape index (κ3) is 5.64. The van der Waals surface area contributed by atoms with Gasteiger partial charge in [-0.2, -0.15) is 0 Å². The van der Waals surface area contributed by atoms with Crippen molar-refractivity contribution < 1.29 is 14.2 Å². The van der Waals surface area contributed by atoms with Gasteiger partial charge in [0, 0.05) is 36.2 Å². The number of fused-ring (bicyclic) bond motifs is 3. The van der Waals surface area contributed by atoms with Crippen LogP contribution in [-0.2, 0) is 19.4 Å². The maximum absolute atomic E-state index is 6.27. The summed E-state index contributed by atoms with van der Waals surface area (Å²) in [6.45, 7) is 11.8.